The maximum atomic E-state index is 6.18. The molecule has 0 fully saturated rings. The summed E-state index contributed by atoms with van der Waals surface area (Å²) in [6.45, 7) is 0. The van der Waals surface area contributed by atoms with E-state index in [-0.39, 0.29) is 0 Å². The molecule has 0 aliphatic carbocycles. The van der Waals surface area contributed by atoms with Gasteiger partial charge in [0.2, 0.25) is 0 Å². The normalized spacial score (nSPS) is 11.7. The van der Waals surface area contributed by atoms with E-state index < -0.39 is 0 Å². The average molecular weight is 629 g/mol. The van der Waals surface area contributed by atoms with E-state index >= 15 is 0 Å². The van der Waals surface area contributed by atoms with Crippen LogP contribution < -0.4 is 4.90 Å². The first-order valence-corrected chi connectivity index (χ1v) is 16.4. The van der Waals surface area contributed by atoms with Crippen LogP contribution in [0.5, 0.6) is 0 Å². The van der Waals surface area contributed by atoms with Gasteiger partial charge in [0.05, 0.1) is 11.9 Å². The number of nitrogens with zero attached hydrogens (tertiary/aromatic N) is 2. The number of hydrogen-bond donors (Lipinski definition) is 0. The van der Waals surface area contributed by atoms with E-state index in [1.165, 1.54) is 21.9 Å². The summed E-state index contributed by atoms with van der Waals surface area (Å²) < 4.78 is 12.2. The highest BCUT2D eigenvalue weighted by atomic mass is 16.3. The number of furan rings is 2. The van der Waals surface area contributed by atoms with Gasteiger partial charge in [-0.25, -0.2) is 0 Å². The predicted molar refractivity (Wildman–Crippen MR) is 202 cm³/mol. The third-order valence-corrected chi connectivity index (χ3v) is 9.51. The van der Waals surface area contributed by atoms with Crippen molar-refractivity contribution in [3.63, 3.8) is 0 Å². The summed E-state index contributed by atoms with van der Waals surface area (Å²) in [5.41, 5.74) is 10.9. The molecule has 0 amide bonds. The number of rotatable bonds is 5. The van der Waals surface area contributed by atoms with E-state index in [0.717, 1.165) is 72.2 Å². The van der Waals surface area contributed by atoms with Crippen molar-refractivity contribution >= 4 is 71.7 Å². The number of aromatic nitrogens is 1. The van der Waals surface area contributed by atoms with E-state index in [9.17, 15) is 0 Å². The van der Waals surface area contributed by atoms with Crippen LogP contribution in [0.2, 0.25) is 0 Å². The highest BCUT2D eigenvalue weighted by molar-refractivity contribution is 6.07. The number of para-hydroxylation sites is 2. The minimum atomic E-state index is 0.794. The second-order valence-corrected chi connectivity index (χ2v) is 12.4. The molecule has 230 valence electrons. The second kappa shape index (κ2) is 11.0. The van der Waals surface area contributed by atoms with E-state index in [1.807, 2.05) is 36.5 Å². The van der Waals surface area contributed by atoms with Gasteiger partial charge >= 0.3 is 0 Å². The van der Waals surface area contributed by atoms with E-state index in [4.69, 9.17) is 13.8 Å². The van der Waals surface area contributed by atoms with Gasteiger partial charge in [-0.2, -0.15) is 0 Å². The van der Waals surface area contributed by atoms with Crippen molar-refractivity contribution in [2.75, 3.05) is 4.90 Å². The smallest absolute Gasteiger partial charge is 0.153 e. The van der Waals surface area contributed by atoms with Crippen molar-refractivity contribution in [2.24, 2.45) is 0 Å². The number of pyridine rings is 1. The monoisotopic (exact) mass is 628 g/mol. The number of benzene rings is 7. The van der Waals surface area contributed by atoms with Gasteiger partial charge in [-0.15, -0.1) is 0 Å². The molecule has 0 radical (unpaired) electrons. The van der Waals surface area contributed by atoms with E-state index in [2.05, 4.69) is 138 Å². The lowest BCUT2D eigenvalue weighted by Crippen LogP contribution is -2.09. The summed E-state index contributed by atoms with van der Waals surface area (Å²) in [5, 5.41) is 6.84. The molecule has 7 aromatic carbocycles. The summed E-state index contributed by atoms with van der Waals surface area (Å²) in [6, 6.07) is 57.5. The molecule has 0 aliphatic heterocycles. The Bertz CT molecular complexity index is 2830. The highest BCUT2D eigenvalue weighted by Crippen LogP contribution is 2.40. The lowest BCUT2D eigenvalue weighted by molar-refractivity contribution is 0.667. The van der Waals surface area contributed by atoms with Crippen LogP contribution in [0.4, 0.5) is 17.1 Å². The van der Waals surface area contributed by atoms with Gasteiger partial charge < -0.3 is 13.7 Å². The summed E-state index contributed by atoms with van der Waals surface area (Å²) in [6.07, 6.45) is 1.83. The zero-order valence-corrected chi connectivity index (χ0v) is 26.4. The van der Waals surface area contributed by atoms with Gasteiger partial charge in [0.1, 0.15) is 16.7 Å². The molecule has 3 heterocycles. The molecule has 0 aliphatic rings. The molecule has 0 saturated carbocycles. The molecule has 10 aromatic rings. The Kier molecular flexibility index (Phi) is 6.15. The SMILES string of the molecule is c1ccc2cc(-c3ccc(N(c4ccc(-c5cc6c(cn5)oc5ccccc56)cc4)c4ccc5oc6ccccc6c5c4)cc3)ccc2c1. The molecule has 0 spiro atoms. The van der Waals surface area contributed by atoms with Gasteiger partial charge in [-0.05, 0) is 88.6 Å². The predicted octanol–water partition coefficient (Wildman–Crippen LogP) is 12.8. The zero-order chi connectivity index (χ0) is 32.3. The Morgan fingerprint density at radius 1 is 0.367 bits per heavy atom. The van der Waals surface area contributed by atoms with Crippen LogP contribution in [0.15, 0.2) is 179 Å². The summed E-state index contributed by atoms with van der Waals surface area (Å²) in [4.78, 5) is 7.06. The van der Waals surface area contributed by atoms with Crippen molar-refractivity contribution in [2.45, 2.75) is 0 Å². The van der Waals surface area contributed by atoms with Gasteiger partial charge in [0.15, 0.2) is 5.58 Å². The van der Waals surface area contributed by atoms with Crippen LogP contribution >= 0.6 is 0 Å². The van der Waals surface area contributed by atoms with Gasteiger partial charge in [-0.1, -0.05) is 97.1 Å². The van der Waals surface area contributed by atoms with Crippen molar-refractivity contribution in [3.8, 4) is 22.4 Å². The fraction of sp³-hybridized carbons (Fsp3) is 0. The molecule has 10 rings (SSSR count). The molecule has 4 nitrogen and oxygen atoms in total. The summed E-state index contributed by atoms with van der Waals surface area (Å²) in [5.74, 6) is 0. The first-order valence-electron chi connectivity index (χ1n) is 16.4. The zero-order valence-electron chi connectivity index (χ0n) is 26.4. The Hall–Kier alpha value is -6.65. The standard InChI is InChI=1S/C45H28N2O2/c1-2-8-32-25-33(14-13-29(32)7-1)30-15-19-34(20-16-30)47(36-23-24-44-39(26-36)37-9-3-5-11-42(37)48-44)35-21-17-31(18-22-35)41-27-40-38-10-4-6-12-43(38)49-45(40)28-46-41/h1-28H. The van der Waals surface area contributed by atoms with Crippen LogP contribution in [-0.4, -0.2) is 4.98 Å². The molecule has 3 aromatic heterocycles. The average Bonchev–Trinajstić information content (AvgIpc) is 3.73. The Morgan fingerprint density at radius 3 is 1.65 bits per heavy atom. The Morgan fingerprint density at radius 2 is 0.918 bits per heavy atom. The van der Waals surface area contributed by atoms with Crippen LogP contribution in [0.3, 0.4) is 0 Å². The number of hydrogen-bond acceptors (Lipinski definition) is 4. The topological polar surface area (TPSA) is 42.4 Å². The molecule has 0 bridgehead atoms. The summed E-state index contributed by atoms with van der Waals surface area (Å²) >= 11 is 0. The quantitative estimate of drug-likeness (QED) is 0.190. The maximum Gasteiger partial charge on any atom is 0.153 e. The van der Waals surface area contributed by atoms with Crippen molar-refractivity contribution in [1.29, 1.82) is 0 Å². The Labute approximate surface area is 282 Å². The van der Waals surface area contributed by atoms with Crippen molar-refractivity contribution in [3.05, 3.63) is 170 Å². The first-order chi connectivity index (χ1) is 24.2. The molecule has 0 unspecified atom stereocenters. The minimum absolute atomic E-state index is 0.794. The van der Waals surface area contributed by atoms with E-state index in [0.29, 0.717) is 0 Å². The van der Waals surface area contributed by atoms with Crippen LogP contribution in [0, 0.1) is 0 Å². The Balaban J connectivity index is 1.07. The fourth-order valence-electron chi connectivity index (χ4n) is 7.04. The molecular weight excluding hydrogens is 601 g/mol. The van der Waals surface area contributed by atoms with Gasteiger partial charge in [0.25, 0.3) is 0 Å². The van der Waals surface area contributed by atoms with Gasteiger partial charge in [-0.3, -0.25) is 4.98 Å². The van der Waals surface area contributed by atoms with Crippen LogP contribution in [0.25, 0.3) is 77.0 Å². The lowest BCUT2D eigenvalue weighted by atomic mass is 10.0. The molecule has 4 heteroatoms. The number of anilines is 3. The molecular formula is C45H28N2O2. The van der Waals surface area contributed by atoms with E-state index in [1.54, 1.807) is 0 Å². The van der Waals surface area contributed by atoms with Crippen LogP contribution in [-0.2, 0) is 0 Å². The molecule has 0 saturated heterocycles. The molecule has 0 N–H and O–H groups in total. The maximum absolute atomic E-state index is 6.18. The molecule has 49 heavy (non-hydrogen) atoms. The van der Waals surface area contributed by atoms with Gasteiger partial charge in [0, 0.05) is 44.2 Å². The fourth-order valence-corrected chi connectivity index (χ4v) is 7.04. The third kappa shape index (κ3) is 4.65. The lowest BCUT2D eigenvalue weighted by Gasteiger charge is -2.26. The minimum Gasteiger partial charge on any atom is -0.456 e. The second-order valence-electron chi connectivity index (χ2n) is 12.4. The van der Waals surface area contributed by atoms with Crippen molar-refractivity contribution in [1.82, 2.24) is 4.98 Å². The third-order valence-electron chi connectivity index (χ3n) is 9.51. The summed E-state index contributed by atoms with van der Waals surface area (Å²) in [7, 11) is 0. The molecule has 0 atom stereocenters. The highest BCUT2D eigenvalue weighted by Gasteiger charge is 2.17. The largest absolute Gasteiger partial charge is 0.456 e. The van der Waals surface area contributed by atoms with Crippen LogP contribution in [0.1, 0.15) is 0 Å². The number of fused-ring (bicyclic) bond motifs is 7. The first kappa shape index (κ1) is 27.5. The van der Waals surface area contributed by atoms with Crippen molar-refractivity contribution < 1.29 is 8.83 Å².